The van der Waals surface area contributed by atoms with Crippen molar-refractivity contribution < 1.29 is 0 Å². The van der Waals surface area contributed by atoms with E-state index in [0.29, 0.717) is 11.0 Å². The van der Waals surface area contributed by atoms with E-state index in [1.807, 2.05) is 0 Å². The molecule has 1 atom stereocenters. The summed E-state index contributed by atoms with van der Waals surface area (Å²) in [5.41, 5.74) is 7.17. The first kappa shape index (κ1) is 14.8. The van der Waals surface area contributed by atoms with Crippen LogP contribution >= 0.6 is 0 Å². The maximum absolute atomic E-state index is 6.25. The third-order valence-corrected chi connectivity index (χ3v) is 6.80. The van der Waals surface area contributed by atoms with Crippen LogP contribution in [-0.2, 0) is 0 Å². The molecule has 2 aliphatic heterocycles. The molecule has 0 amide bonds. The molecular formula is C17H33N3. The van der Waals surface area contributed by atoms with Gasteiger partial charge < -0.3 is 5.73 Å². The highest BCUT2D eigenvalue weighted by atomic mass is 15.3. The van der Waals surface area contributed by atoms with Crippen LogP contribution in [0, 0.1) is 5.41 Å². The smallest absolute Gasteiger partial charge is 0.0470 e. The minimum Gasteiger partial charge on any atom is -0.329 e. The van der Waals surface area contributed by atoms with Gasteiger partial charge in [0.25, 0.3) is 0 Å². The van der Waals surface area contributed by atoms with Gasteiger partial charge in [-0.25, -0.2) is 0 Å². The van der Waals surface area contributed by atoms with E-state index in [1.165, 1.54) is 71.1 Å². The maximum atomic E-state index is 6.25. The highest BCUT2D eigenvalue weighted by molar-refractivity contribution is 5.05. The third kappa shape index (κ3) is 2.53. The van der Waals surface area contributed by atoms with Crippen LogP contribution < -0.4 is 5.73 Å². The second kappa shape index (κ2) is 5.58. The fraction of sp³-hybridized carbons (Fsp3) is 1.00. The van der Waals surface area contributed by atoms with Gasteiger partial charge in [-0.05, 0) is 50.6 Å². The SMILES string of the molecule is CCC1(CC)CCN(C2(CN)CCN(C3CC3)C2)CC1. The second-order valence-corrected chi connectivity index (χ2v) is 7.57. The number of nitrogens with zero attached hydrogens (tertiary/aromatic N) is 2. The molecule has 0 aromatic carbocycles. The molecule has 1 saturated carbocycles. The number of piperidine rings is 1. The number of rotatable bonds is 5. The Morgan fingerprint density at radius 1 is 1.00 bits per heavy atom. The summed E-state index contributed by atoms with van der Waals surface area (Å²) in [7, 11) is 0. The molecule has 0 aromatic rings. The third-order valence-electron chi connectivity index (χ3n) is 6.80. The van der Waals surface area contributed by atoms with E-state index in [-0.39, 0.29) is 0 Å². The van der Waals surface area contributed by atoms with Crippen LogP contribution in [0.1, 0.15) is 58.8 Å². The maximum Gasteiger partial charge on any atom is 0.0470 e. The Balaban J connectivity index is 1.63. The summed E-state index contributed by atoms with van der Waals surface area (Å²) < 4.78 is 0. The summed E-state index contributed by atoms with van der Waals surface area (Å²) in [6.07, 6.45) is 9.61. The van der Waals surface area contributed by atoms with Crippen LogP contribution in [0.4, 0.5) is 0 Å². The standard InChI is InChI=1S/C17H33N3/c1-3-16(4-2)7-11-20(12-8-16)17(13-18)9-10-19(14-17)15-5-6-15/h15H,3-14,18H2,1-2H3. The van der Waals surface area contributed by atoms with Gasteiger partial charge in [0, 0.05) is 31.2 Å². The van der Waals surface area contributed by atoms with Gasteiger partial charge in [0.2, 0.25) is 0 Å². The van der Waals surface area contributed by atoms with Crippen molar-refractivity contribution in [3.8, 4) is 0 Å². The Bertz CT molecular complexity index is 325. The molecule has 116 valence electrons. The molecule has 1 unspecified atom stereocenters. The first-order chi connectivity index (χ1) is 9.67. The minimum absolute atomic E-state index is 0.302. The van der Waals surface area contributed by atoms with E-state index in [4.69, 9.17) is 5.73 Å². The number of likely N-dealkylation sites (tertiary alicyclic amines) is 2. The van der Waals surface area contributed by atoms with E-state index >= 15 is 0 Å². The van der Waals surface area contributed by atoms with Crippen molar-refractivity contribution in [2.75, 3.05) is 32.7 Å². The Morgan fingerprint density at radius 2 is 1.65 bits per heavy atom. The summed E-state index contributed by atoms with van der Waals surface area (Å²) >= 11 is 0. The monoisotopic (exact) mass is 279 g/mol. The van der Waals surface area contributed by atoms with Crippen LogP contribution in [-0.4, -0.2) is 54.1 Å². The Morgan fingerprint density at radius 3 is 2.15 bits per heavy atom. The molecule has 3 fully saturated rings. The molecule has 0 aromatic heterocycles. The van der Waals surface area contributed by atoms with Gasteiger partial charge in [0.1, 0.15) is 0 Å². The van der Waals surface area contributed by atoms with Gasteiger partial charge in [-0.2, -0.15) is 0 Å². The lowest BCUT2D eigenvalue weighted by atomic mass is 9.73. The van der Waals surface area contributed by atoms with Crippen molar-refractivity contribution in [3.63, 3.8) is 0 Å². The first-order valence-electron chi connectivity index (χ1n) is 8.86. The van der Waals surface area contributed by atoms with Crippen LogP contribution in [0.25, 0.3) is 0 Å². The molecule has 20 heavy (non-hydrogen) atoms. The molecule has 3 nitrogen and oxygen atoms in total. The fourth-order valence-electron chi connectivity index (χ4n) is 4.61. The quantitative estimate of drug-likeness (QED) is 0.839. The van der Waals surface area contributed by atoms with E-state index < -0.39 is 0 Å². The minimum atomic E-state index is 0.302. The summed E-state index contributed by atoms with van der Waals surface area (Å²) in [6, 6.07) is 0.901. The molecule has 2 heterocycles. The summed E-state index contributed by atoms with van der Waals surface area (Å²) in [6.45, 7) is 10.7. The predicted molar refractivity (Wildman–Crippen MR) is 84.8 cm³/mol. The highest BCUT2D eigenvalue weighted by Gasteiger charge is 2.47. The van der Waals surface area contributed by atoms with Gasteiger partial charge in [0.05, 0.1) is 0 Å². The number of hydrogen-bond donors (Lipinski definition) is 1. The van der Waals surface area contributed by atoms with Crippen LogP contribution in [0.3, 0.4) is 0 Å². The highest BCUT2D eigenvalue weighted by Crippen LogP contribution is 2.42. The lowest BCUT2D eigenvalue weighted by Crippen LogP contribution is -2.59. The second-order valence-electron chi connectivity index (χ2n) is 7.57. The molecule has 0 radical (unpaired) electrons. The molecule has 0 bridgehead atoms. The lowest BCUT2D eigenvalue weighted by molar-refractivity contribution is 0.0199. The molecule has 3 rings (SSSR count). The lowest BCUT2D eigenvalue weighted by Gasteiger charge is -2.48. The van der Waals surface area contributed by atoms with Crippen molar-refractivity contribution in [2.24, 2.45) is 11.1 Å². The average molecular weight is 279 g/mol. The first-order valence-corrected chi connectivity index (χ1v) is 8.86. The predicted octanol–water partition coefficient (Wildman–Crippen LogP) is 2.45. The molecule has 3 heteroatoms. The molecule has 2 N–H and O–H groups in total. The van der Waals surface area contributed by atoms with Crippen LogP contribution in [0.15, 0.2) is 0 Å². The zero-order chi connectivity index (χ0) is 14.2. The molecule has 3 aliphatic rings. The molecule has 0 spiro atoms. The van der Waals surface area contributed by atoms with E-state index in [9.17, 15) is 0 Å². The van der Waals surface area contributed by atoms with E-state index in [1.54, 1.807) is 0 Å². The number of hydrogen-bond acceptors (Lipinski definition) is 3. The van der Waals surface area contributed by atoms with Gasteiger partial charge in [0.15, 0.2) is 0 Å². The van der Waals surface area contributed by atoms with E-state index in [2.05, 4.69) is 23.6 Å². The molecule has 2 saturated heterocycles. The Hall–Kier alpha value is -0.120. The van der Waals surface area contributed by atoms with Gasteiger partial charge in [-0.15, -0.1) is 0 Å². The summed E-state index contributed by atoms with van der Waals surface area (Å²) in [5, 5.41) is 0. The van der Waals surface area contributed by atoms with Crippen LogP contribution in [0.2, 0.25) is 0 Å². The normalized spacial score (nSPS) is 35.5. The largest absolute Gasteiger partial charge is 0.329 e. The summed E-state index contributed by atoms with van der Waals surface area (Å²) in [5.74, 6) is 0. The molecular weight excluding hydrogens is 246 g/mol. The zero-order valence-corrected chi connectivity index (χ0v) is 13.5. The average Bonchev–Trinajstić information content (AvgIpc) is 3.27. The fourth-order valence-corrected chi connectivity index (χ4v) is 4.61. The van der Waals surface area contributed by atoms with Crippen molar-refractivity contribution in [1.29, 1.82) is 0 Å². The molecule has 1 aliphatic carbocycles. The van der Waals surface area contributed by atoms with Gasteiger partial charge in [-0.3, -0.25) is 9.80 Å². The van der Waals surface area contributed by atoms with Gasteiger partial charge in [-0.1, -0.05) is 26.7 Å². The van der Waals surface area contributed by atoms with Crippen molar-refractivity contribution in [1.82, 2.24) is 9.80 Å². The summed E-state index contributed by atoms with van der Waals surface area (Å²) in [4.78, 5) is 5.48. The van der Waals surface area contributed by atoms with E-state index in [0.717, 1.165) is 12.6 Å². The Labute approximate surface area is 124 Å². The van der Waals surface area contributed by atoms with Crippen molar-refractivity contribution >= 4 is 0 Å². The van der Waals surface area contributed by atoms with Crippen molar-refractivity contribution in [3.05, 3.63) is 0 Å². The topological polar surface area (TPSA) is 32.5 Å². The van der Waals surface area contributed by atoms with Crippen molar-refractivity contribution in [2.45, 2.75) is 70.4 Å². The zero-order valence-electron chi connectivity index (χ0n) is 13.5. The number of nitrogens with two attached hydrogens (primary N) is 1. The van der Waals surface area contributed by atoms with Crippen LogP contribution in [0.5, 0.6) is 0 Å². The van der Waals surface area contributed by atoms with Gasteiger partial charge >= 0.3 is 0 Å². The Kier molecular flexibility index (Phi) is 4.13.